The summed E-state index contributed by atoms with van der Waals surface area (Å²) in [6.07, 6.45) is 7.51. The van der Waals surface area contributed by atoms with Crippen LogP contribution in [0.3, 0.4) is 0 Å². The summed E-state index contributed by atoms with van der Waals surface area (Å²) < 4.78 is 0. The van der Waals surface area contributed by atoms with Crippen LogP contribution < -0.4 is 44.2 Å². The van der Waals surface area contributed by atoms with Crippen LogP contribution in [0.5, 0.6) is 11.5 Å². The zero-order chi connectivity index (χ0) is 32.7. The Morgan fingerprint density at radius 2 is 1.36 bits per heavy atom. The molecule has 0 unspecified atom stereocenters. The van der Waals surface area contributed by atoms with E-state index in [0.29, 0.717) is 26.1 Å². The summed E-state index contributed by atoms with van der Waals surface area (Å²) in [6.45, 7) is 3.15. The van der Waals surface area contributed by atoms with Gasteiger partial charge in [0, 0.05) is 31.3 Å². The Bertz CT molecular complexity index is 1070. The Labute approximate surface area is 259 Å². The third-order valence-electron chi connectivity index (χ3n) is 6.71. The van der Waals surface area contributed by atoms with Crippen molar-refractivity contribution in [3.63, 3.8) is 0 Å². The molecule has 0 aliphatic rings. The fourth-order valence-corrected chi connectivity index (χ4v) is 4.25. The minimum Gasteiger partial charge on any atom is -0.508 e. The van der Waals surface area contributed by atoms with E-state index in [1.807, 2.05) is 0 Å². The lowest BCUT2D eigenvalue weighted by Crippen LogP contribution is -2.49. The number of unbranched alkanes of at least 4 members (excludes halogenated alkanes) is 6. The van der Waals surface area contributed by atoms with E-state index in [2.05, 4.69) is 26.3 Å². The van der Waals surface area contributed by atoms with Crippen LogP contribution >= 0.6 is 0 Å². The van der Waals surface area contributed by atoms with Gasteiger partial charge in [-0.25, -0.2) is 0 Å². The van der Waals surface area contributed by atoms with Crippen LogP contribution in [-0.2, 0) is 25.6 Å². The van der Waals surface area contributed by atoms with Crippen molar-refractivity contribution in [2.45, 2.75) is 82.7 Å². The van der Waals surface area contributed by atoms with Gasteiger partial charge in [-0.05, 0) is 51.3 Å². The Morgan fingerprint density at radius 1 is 0.795 bits per heavy atom. The van der Waals surface area contributed by atoms with Crippen LogP contribution in [0, 0.1) is 0 Å². The maximum atomic E-state index is 12.5. The number of hydrogen-bond donors (Lipinski definition) is 10. The van der Waals surface area contributed by atoms with Crippen LogP contribution in [0.25, 0.3) is 0 Å². The molecule has 1 rings (SSSR count). The second-order valence-corrected chi connectivity index (χ2v) is 10.6. The molecule has 1 aromatic carbocycles. The van der Waals surface area contributed by atoms with Crippen LogP contribution in [0.1, 0.15) is 69.8 Å². The smallest absolute Gasteiger partial charge is 0.243 e. The average Bonchev–Trinajstić information content (AvgIpc) is 2.95. The number of phenolic OH excluding ortho intramolecular Hbond substituents is 2. The molecule has 4 amide bonds. The Balaban J connectivity index is 2.07. The van der Waals surface area contributed by atoms with Crippen molar-refractivity contribution in [2.75, 3.05) is 32.7 Å². The number of rotatable bonds is 24. The van der Waals surface area contributed by atoms with Gasteiger partial charge < -0.3 is 54.4 Å². The number of nitrogens with one attached hydrogen (secondary N) is 4. The van der Waals surface area contributed by atoms with E-state index < -0.39 is 29.8 Å². The summed E-state index contributed by atoms with van der Waals surface area (Å²) in [5, 5.41) is 30.7. The number of guanidine groups is 1. The highest BCUT2D eigenvalue weighted by atomic mass is 16.3. The van der Waals surface area contributed by atoms with Gasteiger partial charge in [0.2, 0.25) is 23.6 Å². The van der Waals surface area contributed by atoms with E-state index in [1.165, 1.54) is 12.1 Å². The van der Waals surface area contributed by atoms with E-state index in [1.54, 1.807) is 0 Å². The normalized spacial score (nSPS) is 12.1. The monoisotopic (exact) mass is 621 g/mol. The van der Waals surface area contributed by atoms with E-state index in [0.717, 1.165) is 70.5 Å². The number of nitrogens with zero attached hydrogens (tertiary/aromatic N) is 1. The number of benzene rings is 1. The number of amides is 4. The fraction of sp³-hybridized carbons (Fsp3) is 0.621. The van der Waals surface area contributed by atoms with E-state index in [4.69, 9.17) is 22.9 Å². The molecule has 44 heavy (non-hydrogen) atoms. The number of phenols is 2. The van der Waals surface area contributed by atoms with Crippen LogP contribution in [0.15, 0.2) is 23.2 Å². The highest BCUT2D eigenvalue weighted by Gasteiger charge is 2.23. The number of aromatic hydroxyl groups is 2. The quantitative estimate of drug-likeness (QED) is 0.0379. The number of hydrogen-bond acceptors (Lipinski definition) is 9. The van der Waals surface area contributed by atoms with Gasteiger partial charge in [0.1, 0.15) is 17.5 Å². The molecule has 15 nitrogen and oxygen atoms in total. The van der Waals surface area contributed by atoms with Gasteiger partial charge in [0.15, 0.2) is 5.96 Å². The van der Waals surface area contributed by atoms with Crippen LogP contribution in [0.4, 0.5) is 0 Å². The number of primary amides is 1. The van der Waals surface area contributed by atoms with Crippen molar-refractivity contribution >= 4 is 29.6 Å². The highest BCUT2D eigenvalue weighted by Crippen LogP contribution is 2.22. The van der Waals surface area contributed by atoms with Gasteiger partial charge in [-0.3, -0.25) is 24.2 Å². The Kier molecular flexibility index (Phi) is 19.3. The predicted octanol–water partition coefficient (Wildman–Crippen LogP) is -1.07. The first kappa shape index (κ1) is 37.9. The molecule has 0 saturated heterocycles. The first-order valence-electron chi connectivity index (χ1n) is 15.1. The molecule has 0 aliphatic heterocycles. The van der Waals surface area contributed by atoms with Gasteiger partial charge in [-0.1, -0.05) is 31.7 Å². The summed E-state index contributed by atoms with van der Waals surface area (Å²) in [5.41, 5.74) is 21.8. The third-order valence-corrected chi connectivity index (χ3v) is 6.71. The number of nitrogens with two attached hydrogens (primary N) is 4. The summed E-state index contributed by atoms with van der Waals surface area (Å²) in [6, 6.07) is 2.10. The molecule has 0 aromatic heterocycles. The van der Waals surface area contributed by atoms with Crippen LogP contribution in [-0.4, -0.2) is 84.6 Å². The van der Waals surface area contributed by atoms with Gasteiger partial charge in [-0.2, -0.15) is 0 Å². The zero-order valence-electron chi connectivity index (χ0n) is 25.5. The fourth-order valence-electron chi connectivity index (χ4n) is 4.25. The van der Waals surface area contributed by atoms with Gasteiger partial charge in [-0.15, -0.1) is 0 Å². The van der Waals surface area contributed by atoms with Crippen molar-refractivity contribution in [1.29, 1.82) is 0 Å². The number of carbonyl (C=O) groups is 4. The highest BCUT2D eigenvalue weighted by molar-refractivity contribution is 5.92. The minimum atomic E-state index is -1.12. The molecular weight excluding hydrogens is 570 g/mol. The lowest BCUT2D eigenvalue weighted by molar-refractivity contribution is -0.131. The molecule has 0 fully saturated rings. The Hall–Kier alpha value is -4.11. The maximum Gasteiger partial charge on any atom is 0.243 e. The summed E-state index contributed by atoms with van der Waals surface area (Å²) >= 11 is 0. The van der Waals surface area contributed by atoms with Crippen molar-refractivity contribution < 1.29 is 29.4 Å². The van der Waals surface area contributed by atoms with Gasteiger partial charge in [0.25, 0.3) is 0 Å². The topological polar surface area (TPSA) is 273 Å². The molecular formula is C29H51N9O6. The molecule has 15 heteroatoms. The zero-order valence-corrected chi connectivity index (χ0v) is 25.5. The molecule has 248 valence electrons. The van der Waals surface area contributed by atoms with Gasteiger partial charge >= 0.3 is 0 Å². The molecule has 0 heterocycles. The molecule has 0 saturated carbocycles. The molecule has 2 atom stereocenters. The largest absolute Gasteiger partial charge is 0.508 e. The molecule has 0 spiro atoms. The van der Waals surface area contributed by atoms with Crippen molar-refractivity contribution in [3.8, 4) is 11.5 Å². The average molecular weight is 622 g/mol. The first-order valence-corrected chi connectivity index (χ1v) is 15.1. The summed E-state index contributed by atoms with van der Waals surface area (Å²) in [7, 11) is 0. The van der Waals surface area contributed by atoms with Crippen LogP contribution in [0.2, 0.25) is 0 Å². The van der Waals surface area contributed by atoms with E-state index in [-0.39, 0.29) is 41.8 Å². The predicted molar refractivity (Wildman–Crippen MR) is 168 cm³/mol. The van der Waals surface area contributed by atoms with Crippen molar-refractivity contribution in [3.05, 3.63) is 23.8 Å². The molecule has 0 radical (unpaired) electrons. The first-order chi connectivity index (χ1) is 21.0. The van der Waals surface area contributed by atoms with Crippen molar-refractivity contribution in [2.24, 2.45) is 27.9 Å². The number of carbonyl (C=O) groups excluding carboxylic acids is 4. The SMILES string of the molecule is NC(=O)C[C@H](NC(=O)Cc1ccc(O)cc1O)C(=O)NCCCCCCNCCCCCCNC(=O)[C@@H](N)CCN=C(N)N. The summed E-state index contributed by atoms with van der Waals surface area (Å²) in [4.78, 5) is 52.1. The third kappa shape index (κ3) is 18.4. The molecule has 0 bridgehead atoms. The van der Waals surface area contributed by atoms with E-state index >= 15 is 0 Å². The number of aliphatic imine (C=N–C) groups is 1. The lowest BCUT2D eigenvalue weighted by Gasteiger charge is -2.17. The van der Waals surface area contributed by atoms with Crippen molar-refractivity contribution in [1.82, 2.24) is 21.3 Å². The van der Waals surface area contributed by atoms with E-state index in [9.17, 15) is 29.4 Å². The second-order valence-electron chi connectivity index (χ2n) is 10.6. The summed E-state index contributed by atoms with van der Waals surface area (Å²) in [5.74, 6) is -2.40. The maximum absolute atomic E-state index is 12.5. The van der Waals surface area contributed by atoms with Gasteiger partial charge in [0.05, 0.1) is 18.9 Å². The second kappa shape index (κ2) is 22.4. The molecule has 0 aliphatic carbocycles. The molecule has 14 N–H and O–H groups in total. The molecule has 1 aromatic rings. The lowest BCUT2D eigenvalue weighted by atomic mass is 10.1. The minimum absolute atomic E-state index is 0.0151. The standard InChI is InChI=1S/C29H51N9O6/c30-22(11-16-37-29(32)33)27(43)35-14-7-3-1-5-12-34-13-6-2-4-8-15-36-28(44)23(19-25(31)41)38-26(42)17-20-9-10-21(39)18-24(20)40/h9-10,18,22-23,34,39-40H,1-8,11-17,19,30H2,(H2,31,41)(H,35,43)(H,36,44)(H,38,42)(H4,32,33,37)/t22-,23-/m0/s1. The Morgan fingerprint density at radius 3 is 1.91 bits per heavy atom.